The molecule has 142 valence electrons. The van der Waals surface area contributed by atoms with Crippen LogP contribution in [0.2, 0.25) is 0 Å². The highest BCUT2D eigenvalue weighted by molar-refractivity contribution is 7.99. The topological polar surface area (TPSA) is 94.8 Å². The van der Waals surface area contributed by atoms with Gasteiger partial charge in [0.25, 0.3) is 0 Å². The van der Waals surface area contributed by atoms with Gasteiger partial charge in [-0.2, -0.15) is 0 Å². The Bertz CT molecular complexity index is 910. The highest BCUT2D eigenvalue weighted by atomic mass is 32.2. The zero-order valence-electron chi connectivity index (χ0n) is 15.3. The summed E-state index contributed by atoms with van der Waals surface area (Å²) in [5.74, 6) is 1.59. The molecular weight excluding hydrogens is 384 g/mol. The average Bonchev–Trinajstić information content (AvgIpc) is 3.30. The largest absolute Gasteiger partial charge is 0.486 e. The van der Waals surface area contributed by atoms with Crippen molar-refractivity contribution in [3.63, 3.8) is 0 Å². The van der Waals surface area contributed by atoms with Crippen molar-refractivity contribution in [3.8, 4) is 5.75 Å². The number of carbonyl (C=O) groups is 1. The van der Waals surface area contributed by atoms with Gasteiger partial charge in [0.15, 0.2) is 11.0 Å². The summed E-state index contributed by atoms with van der Waals surface area (Å²) >= 11 is 2.60. The summed E-state index contributed by atoms with van der Waals surface area (Å²) in [5.41, 5.74) is 3.98. The number of rotatable bonds is 8. The summed E-state index contributed by atoms with van der Waals surface area (Å²) in [7, 11) is 0. The number of hydrogen-bond acceptors (Lipinski definition) is 8. The number of thioether (sulfide) groups is 1. The third kappa shape index (κ3) is 5.04. The number of aromatic nitrogens is 5. The third-order valence-electron chi connectivity index (χ3n) is 3.89. The Labute approximate surface area is 165 Å². The highest BCUT2D eigenvalue weighted by Gasteiger charge is 2.14. The molecule has 27 heavy (non-hydrogen) atoms. The maximum absolute atomic E-state index is 12.0. The zero-order valence-corrected chi connectivity index (χ0v) is 16.9. The molecule has 2 aromatic heterocycles. The van der Waals surface area contributed by atoms with Crippen molar-refractivity contribution in [3.05, 3.63) is 40.7 Å². The molecule has 1 amide bonds. The molecule has 1 N–H and O–H groups in total. The van der Waals surface area contributed by atoms with Gasteiger partial charge in [0.1, 0.15) is 17.9 Å². The molecule has 0 bridgehead atoms. The van der Waals surface area contributed by atoms with Crippen LogP contribution in [0.25, 0.3) is 0 Å². The Kier molecular flexibility index (Phi) is 6.40. The van der Waals surface area contributed by atoms with E-state index in [1.165, 1.54) is 34.2 Å². The predicted molar refractivity (Wildman–Crippen MR) is 105 cm³/mol. The van der Waals surface area contributed by atoms with Gasteiger partial charge in [-0.25, -0.2) is 0 Å². The van der Waals surface area contributed by atoms with E-state index in [0.717, 1.165) is 11.6 Å². The van der Waals surface area contributed by atoms with E-state index in [-0.39, 0.29) is 11.7 Å². The van der Waals surface area contributed by atoms with E-state index in [1.54, 1.807) is 5.51 Å². The average molecular weight is 405 g/mol. The molecule has 0 fully saturated rings. The van der Waals surface area contributed by atoms with Crippen LogP contribution in [0.15, 0.2) is 28.9 Å². The van der Waals surface area contributed by atoms with E-state index in [1.807, 2.05) is 29.7 Å². The molecule has 8 nitrogen and oxygen atoms in total. The molecule has 0 aliphatic heterocycles. The van der Waals surface area contributed by atoms with E-state index in [2.05, 4.69) is 39.6 Å². The van der Waals surface area contributed by atoms with Crippen LogP contribution in [-0.2, 0) is 17.9 Å². The minimum Gasteiger partial charge on any atom is -0.486 e. The fourth-order valence-electron chi connectivity index (χ4n) is 2.31. The van der Waals surface area contributed by atoms with Crippen molar-refractivity contribution in [2.24, 2.45) is 0 Å². The molecule has 2 heterocycles. The summed E-state index contributed by atoms with van der Waals surface area (Å²) in [5, 5.41) is 19.7. The van der Waals surface area contributed by atoms with Crippen LogP contribution in [0, 0.1) is 13.8 Å². The van der Waals surface area contributed by atoms with Crippen molar-refractivity contribution in [1.29, 1.82) is 0 Å². The Morgan fingerprint density at radius 2 is 2.11 bits per heavy atom. The number of aryl methyl sites for hydroxylation is 2. The van der Waals surface area contributed by atoms with E-state index < -0.39 is 0 Å². The van der Waals surface area contributed by atoms with Crippen molar-refractivity contribution in [1.82, 2.24) is 25.0 Å². The van der Waals surface area contributed by atoms with E-state index in [9.17, 15) is 4.79 Å². The lowest BCUT2D eigenvalue weighted by Gasteiger charge is -2.10. The van der Waals surface area contributed by atoms with Crippen LogP contribution < -0.4 is 10.1 Å². The first-order chi connectivity index (χ1) is 13.1. The van der Waals surface area contributed by atoms with Crippen molar-refractivity contribution in [2.45, 2.75) is 39.1 Å². The first-order valence-corrected chi connectivity index (χ1v) is 10.2. The van der Waals surface area contributed by atoms with Gasteiger partial charge in [0, 0.05) is 6.54 Å². The monoisotopic (exact) mass is 404 g/mol. The van der Waals surface area contributed by atoms with Gasteiger partial charge in [0.05, 0.1) is 5.75 Å². The van der Waals surface area contributed by atoms with Crippen molar-refractivity contribution < 1.29 is 9.53 Å². The number of anilines is 1. The number of nitrogens with zero attached hydrogens (tertiary/aromatic N) is 5. The summed E-state index contributed by atoms with van der Waals surface area (Å²) in [6.45, 7) is 7.14. The molecule has 0 saturated carbocycles. The molecular formula is C17H20N6O2S2. The predicted octanol–water partition coefficient (Wildman–Crippen LogP) is 3.08. The van der Waals surface area contributed by atoms with Crippen LogP contribution in [0.4, 0.5) is 5.13 Å². The normalized spacial score (nSPS) is 10.8. The Morgan fingerprint density at radius 3 is 2.81 bits per heavy atom. The zero-order chi connectivity index (χ0) is 19.2. The van der Waals surface area contributed by atoms with Crippen molar-refractivity contribution in [2.75, 3.05) is 11.1 Å². The lowest BCUT2D eigenvalue weighted by molar-refractivity contribution is -0.113. The number of carbonyl (C=O) groups excluding carboxylic acids is 1. The van der Waals surface area contributed by atoms with Crippen LogP contribution in [0.1, 0.15) is 23.9 Å². The number of nitrogens with one attached hydrogen (secondary N) is 1. The van der Waals surface area contributed by atoms with Gasteiger partial charge >= 0.3 is 0 Å². The fraction of sp³-hybridized carbons (Fsp3) is 0.353. The molecule has 0 unspecified atom stereocenters. The molecule has 3 rings (SSSR count). The van der Waals surface area contributed by atoms with Crippen LogP contribution in [0.5, 0.6) is 5.75 Å². The fourth-order valence-corrected chi connectivity index (χ4v) is 3.60. The maximum Gasteiger partial charge on any atom is 0.236 e. The molecule has 0 spiro atoms. The molecule has 0 radical (unpaired) electrons. The standard InChI is InChI=1S/C17H20N6O2S2/c1-4-23-14(8-25-13-6-5-11(2)12(3)7-13)20-22-17(23)26-9-15(24)19-16-21-18-10-27-16/h5-7,10H,4,8-9H2,1-3H3,(H,19,21,24). The summed E-state index contributed by atoms with van der Waals surface area (Å²) in [6, 6.07) is 5.99. The van der Waals surface area contributed by atoms with Gasteiger partial charge < -0.3 is 9.30 Å². The van der Waals surface area contributed by atoms with Gasteiger partial charge in [-0.1, -0.05) is 29.2 Å². The molecule has 1 aromatic carbocycles. The Balaban J connectivity index is 1.58. The highest BCUT2D eigenvalue weighted by Crippen LogP contribution is 2.20. The second kappa shape index (κ2) is 8.96. The molecule has 3 aromatic rings. The molecule has 0 aliphatic rings. The van der Waals surface area contributed by atoms with E-state index in [4.69, 9.17) is 4.74 Å². The second-order valence-electron chi connectivity index (χ2n) is 5.76. The number of hydrogen-bond donors (Lipinski definition) is 1. The van der Waals surface area contributed by atoms with E-state index in [0.29, 0.717) is 23.4 Å². The van der Waals surface area contributed by atoms with Crippen LogP contribution >= 0.6 is 23.1 Å². The lowest BCUT2D eigenvalue weighted by Crippen LogP contribution is -2.14. The molecule has 0 aliphatic carbocycles. The number of ether oxygens (including phenoxy) is 1. The molecule has 0 atom stereocenters. The Hall–Kier alpha value is -2.46. The minimum atomic E-state index is -0.157. The van der Waals surface area contributed by atoms with Gasteiger partial charge in [-0.05, 0) is 44.0 Å². The van der Waals surface area contributed by atoms with E-state index >= 15 is 0 Å². The first kappa shape index (κ1) is 19.3. The van der Waals surface area contributed by atoms with Gasteiger partial charge in [-0.15, -0.1) is 20.4 Å². The van der Waals surface area contributed by atoms with Crippen LogP contribution in [-0.4, -0.2) is 36.6 Å². The summed E-state index contributed by atoms with van der Waals surface area (Å²) < 4.78 is 7.80. The minimum absolute atomic E-state index is 0.157. The van der Waals surface area contributed by atoms with Gasteiger partial charge in [-0.3, -0.25) is 10.1 Å². The maximum atomic E-state index is 12.0. The first-order valence-electron chi connectivity index (χ1n) is 8.37. The van der Waals surface area contributed by atoms with Crippen molar-refractivity contribution >= 4 is 34.1 Å². The number of amides is 1. The molecule has 0 saturated heterocycles. The summed E-state index contributed by atoms with van der Waals surface area (Å²) in [4.78, 5) is 12.0. The smallest absolute Gasteiger partial charge is 0.236 e. The second-order valence-corrected chi connectivity index (χ2v) is 7.53. The van der Waals surface area contributed by atoms with Crippen LogP contribution in [0.3, 0.4) is 0 Å². The quantitative estimate of drug-likeness (QED) is 0.577. The Morgan fingerprint density at radius 1 is 1.26 bits per heavy atom. The lowest BCUT2D eigenvalue weighted by atomic mass is 10.1. The number of benzene rings is 1. The molecule has 10 heteroatoms. The SMILES string of the molecule is CCn1c(COc2ccc(C)c(C)c2)nnc1SCC(=O)Nc1nncs1. The van der Waals surface area contributed by atoms with Gasteiger partial charge in [0.2, 0.25) is 11.0 Å². The third-order valence-corrected chi connectivity index (χ3v) is 5.47. The summed E-state index contributed by atoms with van der Waals surface area (Å²) in [6.07, 6.45) is 0.